The second-order valence-corrected chi connectivity index (χ2v) is 7.28. The van der Waals surface area contributed by atoms with Crippen molar-refractivity contribution in [2.75, 3.05) is 18.4 Å². The summed E-state index contributed by atoms with van der Waals surface area (Å²) >= 11 is 0. The van der Waals surface area contributed by atoms with E-state index in [-0.39, 0.29) is 29.5 Å². The van der Waals surface area contributed by atoms with Gasteiger partial charge in [0.1, 0.15) is 0 Å². The Morgan fingerprint density at radius 1 is 1.18 bits per heavy atom. The molecule has 0 spiro atoms. The van der Waals surface area contributed by atoms with Crippen molar-refractivity contribution in [3.8, 4) is 0 Å². The first-order chi connectivity index (χ1) is 13.6. The Balaban J connectivity index is 1.26. The second kappa shape index (κ2) is 7.84. The first kappa shape index (κ1) is 18.2. The maximum atomic E-state index is 12.7. The fourth-order valence-corrected chi connectivity index (χ4v) is 3.84. The van der Waals surface area contributed by atoms with E-state index < -0.39 is 5.97 Å². The number of anilines is 1. The van der Waals surface area contributed by atoms with Crippen molar-refractivity contribution in [1.29, 1.82) is 0 Å². The molecule has 0 aromatic carbocycles. The standard InChI is InChI=1S/C20H23N5O3/c26-18(9-13-10-21-17-4-2-1-3-16(13)17)25-7-5-15(6-8-25)24-20-22-11-14(12-23-20)19(27)28/h1-4,10-12,15-17,21H,5-9H2,(H,27,28)(H,22,23,24). The minimum Gasteiger partial charge on any atom is -0.478 e. The largest absolute Gasteiger partial charge is 0.478 e. The summed E-state index contributed by atoms with van der Waals surface area (Å²) < 4.78 is 0. The van der Waals surface area contributed by atoms with Crippen LogP contribution in [0, 0.1) is 5.92 Å². The summed E-state index contributed by atoms with van der Waals surface area (Å²) in [5, 5.41) is 15.4. The highest BCUT2D eigenvalue weighted by atomic mass is 16.4. The van der Waals surface area contributed by atoms with Crippen LogP contribution in [-0.2, 0) is 4.79 Å². The van der Waals surface area contributed by atoms with Crippen molar-refractivity contribution in [2.24, 2.45) is 5.92 Å². The topological polar surface area (TPSA) is 107 Å². The molecule has 0 saturated carbocycles. The lowest BCUT2D eigenvalue weighted by Crippen LogP contribution is -2.42. The van der Waals surface area contributed by atoms with Crippen LogP contribution in [0.4, 0.5) is 5.95 Å². The number of nitrogens with one attached hydrogen (secondary N) is 2. The predicted molar refractivity (Wildman–Crippen MR) is 104 cm³/mol. The van der Waals surface area contributed by atoms with Crippen molar-refractivity contribution in [3.05, 3.63) is 54.0 Å². The molecule has 28 heavy (non-hydrogen) atoms. The monoisotopic (exact) mass is 381 g/mol. The number of carbonyl (C=O) groups excluding carboxylic acids is 1. The quantitative estimate of drug-likeness (QED) is 0.710. The molecule has 2 aliphatic heterocycles. The molecule has 1 aromatic rings. The number of hydrogen-bond donors (Lipinski definition) is 3. The van der Waals surface area contributed by atoms with Crippen molar-refractivity contribution >= 4 is 17.8 Å². The van der Waals surface area contributed by atoms with Crippen LogP contribution < -0.4 is 10.6 Å². The molecule has 1 aliphatic carbocycles. The van der Waals surface area contributed by atoms with E-state index in [0.717, 1.165) is 18.4 Å². The number of allylic oxidation sites excluding steroid dienone is 2. The summed E-state index contributed by atoms with van der Waals surface area (Å²) in [6.07, 6.45) is 15.0. The molecule has 8 nitrogen and oxygen atoms in total. The summed E-state index contributed by atoms with van der Waals surface area (Å²) in [6.45, 7) is 1.38. The molecule has 146 valence electrons. The Hall–Kier alpha value is -3.16. The van der Waals surface area contributed by atoms with E-state index >= 15 is 0 Å². The molecule has 0 radical (unpaired) electrons. The van der Waals surface area contributed by atoms with Gasteiger partial charge in [-0.3, -0.25) is 4.79 Å². The maximum absolute atomic E-state index is 12.7. The number of nitrogens with zero attached hydrogens (tertiary/aromatic N) is 3. The number of rotatable bonds is 5. The molecule has 3 N–H and O–H groups in total. The zero-order valence-electron chi connectivity index (χ0n) is 15.4. The van der Waals surface area contributed by atoms with Gasteiger partial charge in [0.2, 0.25) is 11.9 Å². The third-order valence-electron chi connectivity index (χ3n) is 5.46. The first-order valence-corrected chi connectivity index (χ1v) is 9.50. The summed E-state index contributed by atoms with van der Waals surface area (Å²) in [7, 11) is 0. The highest BCUT2D eigenvalue weighted by Gasteiger charge is 2.30. The molecule has 0 bridgehead atoms. The molecule has 4 rings (SSSR count). The Labute approximate surface area is 163 Å². The van der Waals surface area contributed by atoms with Crippen molar-refractivity contribution in [2.45, 2.75) is 31.3 Å². The number of piperidine rings is 1. The van der Waals surface area contributed by atoms with Gasteiger partial charge in [0.05, 0.1) is 18.0 Å². The van der Waals surface area contributed by atoms with Crippen LogP contribution in [0.5, 0.6) is 0 Å². The van der Waals surface area contributed by atoms with Crippen molar-refractivity contribution in [1.82, 2.24) is 20.2 Å². The molecule has 1 saturated heterocycles. The molecule has 3 aliphatic rings. The van der Waals surface area contributed by atoms with Gasteiger partial charge in [0.15, 0.2) is 0 Å². The van der Waals surface area contributed by atoms with Gasteiger partial charge in [0.25, 0.3) is 0 Å². The van der Waals surface area contributed by atoms with E-state index in [4.69, 9.17) is 5.11 Å². The van der Waals surface area contributed by atoms with E-state index in [1.165, 1.54) is 12.4 Å². The Morgan fingerprint density at radius 3 is 2.61 bits per heavy atom. The number of hydrogen-bond acceptors (Lipinski definition) is 6. The first-order valence-electron chi connectivity index (χ1n) is 9.50. The molecular weight excluding hydrogens is 358 g/mol. The average Bonchev–Trinajstić information content (AvgIpc) is 3.12. The summed E-state index contributed by atoms with van der Waals surface area (Å²) in [5.41, 5.74) is 1.20. The minimum atomic E-state index is -1.04. The molecule has 1 amide bonds. The van der Waals surface area contributed by atoms with Crippen LogP contribution in [0.2, 0.25) is 0 Å². The normalized spacial score (nSPS) is 23.7. The lowest BCUT2D eigenvalue weighted by Gasteiger charge is -2.33. The SMILES string of the molecule is O=C(O)c1cnc(NC2CCN(C(=O)CC3=CNC4C=CC=CC34)CC2)nc1. The fourth-order valence-electron chi connectivity index (χ4n) is 3.84. The van der Waals surface area contributed by atoms with Crippen LogP contribution in [0.25, 0.3) is 0 Å². The summed E-state index contributed by atoms with van der Waals surface area (Å²) in [6, 6.07) is 0.443. The smallest absolute Gasteiger partial charge is 0.338 e. The Kier molecular flexibility index (Phi) is 5.10. The van der Waals surface area contributed by atoms with Gasteiger partial charge >= 0.3 is 5.97 Å². The Morgan fingerprint density at radius 2 is 1.89 bits per heavy atom. The predicted octanol–water partition coefficient (Wildman–Crippen LogP) is 1.57. The number of aromatic nitrogens is 2. The second-order valence-electron chi connectivity index (χ2n) is 7.28. The molecule has 2 unspecified atom stereocenters. The average molecular weight is 381 g/mol. The number of aromatic carboxylic acids is 1. The molecule has 1 fully saturated rings. The maximum Gasteiger partial charge on any atom is 0.338 e. The molecule has 1 aromatic heterocycles. The van der Waals surface area contributed by atoms with E-state index in [1.807, 2.05) is 23.3 Å². The number of fused-ring (bicyclic) bond motifs is 1. The van der Waals surface area contributed by atoms with E-state index in [2.05, 4.69) is 32.8 Å². The lowest BCUT2D eigenvalue weighted by molar-refractivity contribution is -0.131. The summed E-state index contributed by atoms with van der Waals surface area (Å²) in [5.74, 6) is -0.187. The van der Waals surface area contributed by atoms with E-state index in [9.17, 15) is 9.59 Å². The van der Waals surface area contributed by atoms with Gasteiger partial charge in [-0.05, 0) is 24.6 Å². The van der Waals surface area contributed by atoms with Gasteiger partial charge in [-0.15, -0.1) is 0 Å². The van der Waals surface area contributed by atoms with E-state index in [0.29, 0.717) is 25.5 Å². The number of carbonyl (C=O) groups is 2. The molecule has 3 heterocycles. The highest BCUT2D eigenvalue weighted by Crippen LogP contribution is 2.29. The van der Waals surface area contributed by atoms with Crippen LogP contribution in [0.1, 0.15) is 29.6 Å². The third kappa shape index (κ3) is 3.90. The van der Waals surface area contributed by atoms with Crippen molar-refractivity contribution < 1.29 is 14.7 Å². The molecular formula is C20H23N5O3. The van der Waals surface area contributed by atoms with Gasteiger partial charge in [0, 0.05) is 37.4 Å². The van der Waals surface area contributed by atoms with Gasteiger partial charge in [-0.2, -0.15) is 0 Å². The van der Waals surface area contributed by atoms with Crippen LogP contribution in [0.15, 0.2) is 48.5 Å². The zero-order valence-corrected chi connectivity index (χ0v) is 15.4. The Bertz CT molecular complexity index is 838. The van der Waals surface area contributed by atoms with E-state index in [1.54, 1.807) is 0 Å². The number of likely N-dealkylation sites (tertiary alicyclic amines) is 1. The van der Waals surface area contributed by atoms with Crippen LogP contribution in [-0.4, -0.2) is 57.0 Å². The highest BCUT2D eigenvalue weighted by molar-refractivity contribution is 5.86. The molecule has 8 heteroatoms. The summed E-state index contributed by atoms with van der Waals surface area (Å²) in [4.78, 5) is 33.6. The fraction of sp³-hybridized carbons (Fsp3) is 0.400. The van der Waals surface area contributed by atoms with Gasteiger partial charge in [-0.25, -0.2) is 14.8 Å². The van der Waals surface area contributed by atoms with Crippen LogP contribution in [0.3, 0.4) is 0 Å². The lowest BCUT2D eigenvalue weighted by atomic mass is 9.89. The van der Waals surface area contributed by atoms with Gasteiger partial charge in [-0.1, -0.05) is 24.3 Å². The number of amides is 1. The molecule has 2 atom stereocenters. The third-order valence-corrected chi connectivity index (χ3v) is 5.46. The van der Waals surface area contributed by atoms with Crippen molar-refractivity contribution in [3.63, 3.8) is 0 Å². The zero-order chi connectivity index (χ0) is 19.5. The number of carboxylic acid groups (broad SMARTS) is 1. The minimum absolute atomic E-state index is 0.0622. The van der Waals surface area contributed by atoms with Gasteiger partial charge < -0.3 is 20.6 Å². The van der Waals surface area contributed by atoms with Crippen LogP contribution >= 0.6 is 0 Å². The number of carboxylic acids is 1.